The van der Waals surface area contributed by atoms with Crippen LogP contribution in [0, 0.1) is 34.0 Å². The molecule has 0 radical (unpaired) electrons. The molecule has 1 aliphatic carbocycles. The number of aldehydes is 1. The minimum atomic E-state index is -1.18. The minimum Gasteiger partial charge on any atom is -0.469 e. The first-order chi connectivity index (χ1) is 9.71. The van der Waals surface area contributed by atoms with Gasteiger partial charge in [-0.1, -0.05) is 13.0 Å². The number of rotatable bonds is 4. The summed E-state index contributed by atoms with van der Waals surface area (Å²) in [5.74, 6) is 0.557. The van der Waals surface area contributed by atoms with Crippen molar-refractivity contribution in [1.29, 1.82) is 10.5 Å². The van der Waals surface area contributed by atoms with Crippen molar-refractivity contribution in [2.75, 3.05) is 0 Å². The first kappa shape index (κ1) is 14.1. The molecule has 0 aromatic carbocycles. The maximum Gasteiger partial charge on any atom is 0.167 e. The quantitative estimate of drug-likeness (QED) is 0.619. The Hall–Kier alpha value is -2.33. The molecule has 0 saturated heterocycles. The monoisotopic (exact) mass is 268 g/mol. The molecular weight excluding hydrogens is 252 g/mol. The third kappa shape index (κ3) is 2.14. The van der Waals surface area contributed by atoms with Crippen LogP contribution in [0.2, 0.25) is 0 Å². The van der Waals surface area contributed by atoms with Crippen molar-refractivity contribution in [3.05, 3.63) is 35.8 Å². The molecule has 1 aromatic rings. The Balaban J connectivity index is 2.49. The largest absolute Gasteiger partial charge is 0.469 e. The van der Waals surface area contributed by atoms with E-state index >= 15 is 0 Å². The predicted molar refractivity (Wildman–Crippen MR) is 72.3 cm³/mol. The standard InChI is InChI=1S/C16H16N2O2/c1-2-13-8-12(15-4-3-7-20-15)9-14(5-6-19)16(13,10-17)11-18/h3-4,6-8,12,14H,2,5,9H2,1H3/t12-,14-/m1/s1. The molecule has 1 aromatic heterocycles. The molecule has 0 aliphatic heterocycles. The molecule has 2 atom stereocenters. The fourth-order valence-electron chi connectivity index (χ4n) is 3.03. The summed E-state index contributed by atoms with van der Waals surface area (Å²) in [6.45, 7) is 1.93. The maximum absolute atomic E-state index is 10.9. The summed E-state index contributed by atoms with van der Waals surface area (Å²) in [7, 11) is 0. The number of allylic oxidation sites excluding steroid dienone is 2. The zero-order chi connectivity index (χ0) is 14.6. The Labute approximate surface area is 118 Å². The van der Waals surface area contributed by atoms with Gasteiger partial charge in [-0.3, -0.25) is 0 Å². The lowest BCUT2D eigenvalue weighted by Crippen LogP contribution is -2.34. The van der Waals surface area contributed by atoms with Gasteiger partial charge in [-0.2, -0.15) is 10.5 Å². The highest BCUT2D eigenvalue weighted by atomic mass is 16.3. The highest BCUT2D eigenvalue weighted by Crippen LogP contribution is 2.48. The van der Waals surface area contributed by atoms with Crippen LogP contribution < -0.4 is 0 Å². The normalized spacial score (nSPS) is 24.2. The molecule has 0 spiro atoms. The van der Waals surface area contributed by atoms with Crippen LogP contribution in [0.4, 0.5) is 0 Å². The van der Waals surface area contributed by atoms with Crippen molar-refractivity contribution < 1.29 is 9.21 Å². The Morgan fingerprint density at radius 3 is 2.75 bits per heavy atom. The zero-order valence-corrected chi connectivity index (χ0v) is 11.4. The second-order valence-electron chi connectivity index (χ2n) is 5.03. The van der Waals surface area contributed by atoms with Crippen LogP contribution in [-0.2, 0) is 4.79 Å². The topological polar surface area (TPSA) is 77.8 Å². The number of furan rings is 1. The summed E-state index contributed by atoms with van der Waals surface area (Å²) in [6, 6.07) is 8.01. The van der Waals surface area contributed by atoms with E-state index in [0.717, 1.165) is 17.6 Å². The van der Waals surface area contributed by atoms with E-state index in [0.29, 0.717) is 12.8 Å². The fourth-order valence-corrected chi connectivity index (χ4v) is 3.03. The molecule has 4 nitrogen and oxygen atoms in total. The van der Waals surface area contributed by atoms with Crippen LogP contribution in [0.15, 0.2) is 34.5 Å². The Bertz CT molecular complexity index is 573. The van der Waals surface area contributed by atoms with Gasteiger partial charge >= 0.3 is 0 Å². The van der Waals surface area contributed by atoms with Crippen molar-refractivity contribution in [3.63, 3.8) is 0 Å². The summed E-state index contributed by atoms with van der Waals surface area (Å²) >= 11 is 0. The second kappa shape index (κ2) is 5.75. The van der Waals surface area contributed by atoms with Crippen LogP contribution in [0.25, 0.3) is 0 Å². The summed E-state index contributed by atoms with van der Waals surface area (Å²) in [5.41, 5.74) is -0.388. The lowest BCUT2D eigenvalue weighted by atomic mass is 9.62. The minimum absolute atomic E-state index is 0.0275. The van der Waals surface area contributed by atoms with Crippen LogP contribution in [0.5, 0.6) is 0 Å². The molecule has 2 rings (SSSR count). The average Bonchev–Trinajstić information content (AvgIpc) is 3.01. The van der Waals surface area contributed by atoms with Gasteiger partial charge in [0.05, 0.1) is 18.4 Å². The molecule has 4 heteroatoms. The van der Waals surface area contributed by atoms with E-state index in [4.69, 9.17) is 4.42 Å². The van der Waals surface area contributed by atoms with Crippen molar-refractivity contribution in [2.24, 2.45) is 11.3 Å². The molecule has 0 unspecified atom stereocenters. The number of nitriles is 2. The number of hydrogen-bond donors (Lipinski definition) is 0. The van der Waals surface area contributed by atoms with Crippen molar-refractivity contribution in [1.82, 2.24) is 0 Å². The van der Waals surface area contributed by atoms with Gasteiger partial charge in [0.15, 0.2) is 5.41 Å². The van der Waals surface area contributed by atoms with Crippen molar-refractivity contribution >= 4 is 6.29 Å². The van der Waals surface area contributed by atoms with E-state index in [2.05, 4.69) is 12.1 Å². The molecule has 0 saturated carbocycles. The van der Waals surface area contributed by atoms with E-state index in [9.17, 15) is 15.3 Å². The first-order valence-electron chi connectivity index (χ1n) is 6.72. The summed E-state index contributed by atoms with van der Waals surface area (Å²) in [5, 5.41) is 19.0. The van der Waals surface area contributed by atoms with E-state index in [1.165, 1.54) is 0 Å². The summed E-state index contributed by atoms with van der Waals surface area (Å²) in [6.07, 6.45) is 5.79. The van der Waals surface area contributed by atoms with Crippen molar-refractivity contribution in [3.8, 4) is 12.1 Å². The number of nitrogens with zero attached hydrogens (tertiary/aromatic N) is 2. The smallest absolute Gasteiger partial charge is 0.167 e. The average molecular weight is 268 g/mol. The van der Waals surface area contributed by atoms with Crippen LogP contribution in [0.1, 0.15) is 37.9 Å². The lowest BCUT2D eigenvalue weighted by molar-refractivity contribution is -0.109. The molecule has 0 amide bonds. The van der Waals surface area contributed by atoms with E-state index in [1.54, 1.807) is 6.26 Å². The van der Waals surface area contributed by atoms with Crippen LogP contribution in [-0.4, -0.2) is 6.29 Å². The van der Waals surface area contributed by atoms with Crippen molar-refractivity contribution in [2.45, 2.75) is 32.1 Å². The van der Waals surface area contributed by atoms with E-state index < -0.39 is 5.41 Å². The van der Waals surface area contributed by atoms with E-state index in [-0.39, 0.29) is 18.3 Å². The number of carbonyl (C=O) groups excluding carboxylic acids is 1. The summed E-state index contributed by atoms with van der Waals surface area (Å²) in [4.78, 5) is 10.9. The highest BCUT2D eigenvalue weighted by Gasteiger charge is 2.46. The predicted octanol–water partition coefficient (Wildman–Crippen LogP) is 3.34. The third-order valence-electron chi connectivity index (χ3n) is 4.08. The van der Waals surface area contributed by atoms with Gasteiger partial charge in [0.1, 0.15) is 12.0 Å². The second-order valence-corrected chi connectivity index (χ2v) is 5.03. The number of carbonyl (C=O) groups is 1. The zero-order valence-electron chi connectivity index (χ0n) is 11.4. The first-order valence-corrected chi connectivity index (χ1v) is 6.72. The van der Waals surface area contributed by atoms with Gasteiger partial charge in [-0.05, 0) is 30.5 Å². The fraction of sp³-hybridized carbons (Fsp3) is 0.438. The molecule has 0 bridgehead atoms. The Morgan fingerprint density at radius 1 is 1.50 bits per heavy atom. The summed E-state index contributed by atoms with van der Waals surface area (Å²) < 4.78 is 5.43. The van der Waals surface area contributed by atoms with Gasteiger partial charge in [-0.15, -0.1) is 0 Å². The molecule has 1 aliphatic rings. The maximum atomic E-state index is 10.9. The Kier molecular flexibility index (Phi) is 4.05. The molecule has 102 valence electrons. The van der Waals surface area contributed by atoms with Gasteiger partial charge in [0, 0.05) is 18.3 Å². The van der Waals surface area contributed by atoms with Crippen LogP contribution >= 0.6 is 0 Å². The highest BCUT2D eigenvalue weighted by molar-refractivity contribution is 5.52. The van der Waals surface area contributed by atoms with Gasteiger partial charge in [-0.25, -0.2) is 0 Å². The molecule has 20 heavy (non-hydrogen) atoms. The van der Waals surface area contributed by atoms with Gasteiger partial charge in [0.2, 0.25) is 0 Å². The van der Waals surface area contributed by atoms with Crippen LogP contribution in [0.3, 0.4) is 0 Å². The van der Waals surface area contributed by atoms with Gasteiger partial charge < -0.3 is 9.21 Å². The Morgan fingerprint density at radius 2 is 2.25 bits per heavy atom. The lowest BCUT2D eigenvalue weighted by Gasteiger charge is -2.36. The van der Waals surface area contributed by atoms with E-state index in [1.807, 2.05) is 25.1 Å². The molecule has 0 fully saturated rings. The van der Waals surface area contributed by atoms with Gasteiger partial charge in [0.25, 0.3) is 0 Å². The molecule has 0 N–H and O–H groups in total. The molecule has 1 heterocycles. The molecular formula is C16H16N2O2. The SMILES string of the molecule is CCC1=C[C@@H](c2ccco2)C[C@@H](CC=O)C1(C#N)C#N. The number of hydrogen-bond acceptors (Lipinski definition) is 4. The third-order valence-corrected chi connectivity index (χ3v) is 4.08.